The van der Waals surface area contributed by atoms with Crippen LogP contribution in [-0.4, -0.2) is 89.2 Å². The molecular weight excluding hydrogens is 973 g/mol. The van der Waals surface area contributed by atoms with Crippen LogP contribution in [0.3, 0.4) is 0 Å². The van der Waals surface area contributed by atoms with Gasteiger partial charge in [-0.2, -0.15) is 0 Å². The summed E-state index contributed by atoms with van der Waals surface area (Å²) in [5.41, 5.74) is 0. The van der Waals surface area contributed by atoms with Crippen molar-refractivity contribution in [1.82, 2.24) is 0 Å². The Morgan fingerprint density at radius 1 is 0.442 bits per heavy atom. The second-order valence-corrected chi connectivity index (χ2v) is 20.6. The van der Waals surface area contributed by atoms with Crippen LogP contribution in [0.15, 0.2) is 85.1 Å². The van der Waals surface area contributed by atoms with E-state index in [1.165, 1.54) is 57.8 Å². The number of carbonyl (C=O) groups is 4. The number of hydrogen-bond acceptors (Lipinski definition) is 11. The number of unbranched alkanes of at least 4 members (excludes halogenated alkanes) is 23. The van der Waals surface area contributed by atoms with E-state index < -0.39 is 67.3 Å². The summed E-state index contributed by atoms with van der Waals surface area (Å²) in [4.78, 5) is 51.2. The number of carboxylic acids is 1. The van der Waals surface area contributed by atoms with Crippen molar-refractivity contribution >= 4 is 23.9 Å². The lowest BCUT2D eigenvalue weighted by Crippen LogP contribution is -2.61. The van der Waals surface area contributed by atoms with Crippen LogP contribution in [0.5, 0.6) is 0 Å². The molecule has 0 aromatic heterocycles. The summed E-state index contributed by atoms with van der Waals surface area (Å²) in [5, 5.41) is 31.5. The summed E-state index contributed by atoms with van der Waals surface area (Å²) in [7, 11) is 0. The van der Waals surface area contributed by atoms with Gasteiger partial charge in [0.2, 0.25) is 0 Å². The van der Waals surface area contributed by atoms with Crippen molar-refractivity contribution in [2.75, 3.05) is 13.2 Å². The van der Waals surface area contributed by atoms with E-state index in [0.717, 1.165) is 135 Å². The smallest absolute Gasteiger partial charge is 0.335 e. The molecule has 12 nitrogen and oxygen atoms in total. The fourth-order valence-electron chi connectivity index (χ4n) is 8.74. The van der Waals surface area contributed by atoms with E-state index in [9.17, 15) is 34.5 Å². The zero-order chi connectivity index (χ0) is 56.1. The maximum Gasteiger partial charge on any atom is 0.335 e. The molecule has 1 fully saturated rings. The summed E-state index contributed by atoms with van der Waals surface area (Å²) >= 11 is 0. The third kappa shape index (κ3) is 42.5. The van der Waals surface area contributed by atoms with Crippen LogP contribution in [0.2, 0.25) is 0 Å². The monoisotopic (exact) mass is 1080 g/mol. The number of carboxylic acid groups (broad SMARTS) is 1. The molecule has 0 saturated carbocycles. The molecule has 12 heteroatoms. The number of rotatable bonds is 51. The Bertz CT molecular complexity index is 1660. The molecule has 1 heterocycles. The standard InChI is InChI=1S/C65H108O12/c1-4-7-10-13-16-19-22-25-27-29-31-34-36-39-42-45-48-51-57(66)73-54-56(75-58(67)52-49-46-43-40-38-35-32-30-28-26-23-20-17-14-11-8-5-2)55-74-65-63(61(70)60(69)62(77-65)64(71)72)76-59(68)53-50-47-44-41-37-33-24-21-18-15-12-9-6-3/h7,10,12,15-16,19,21,24-28,31,34,56,60-63,65,69-70H,4-6,8-9,11,13-14,17-18,20,22-23,29-30,32-33,35-55H2,1-3H3,(H,71,72)/b10-7-,15-12-,19-16-,24-21-,27-25-,28-26-,34-31-. The molecule has 1 aliphatic rings. The molecule has 0 aromatic rings. The molecule has 0 aromatic carbocycles. The number of aliphatic hydroxyl groups excluding tert-OH is 2. The number of allylic oxidation sites excluding steroid dienone is 14. The molecule has 77 heavy (non-hydrogen) atoms. The Hall–Kier alpha value is -4.10. The molecule has 6 unspecified atom stereocenters. The van der Waals surface area contributed by atoms with Gasteiger partial charge in [0, 0.05) is 19.3 Å². The van der Waals surface area contributed by atoms with Gasteiger partial charge < -0.3 is 39.0 Å². The largest absolute Gasteiger partial charge is 0.479 e. The topological polar surface area (TPSA) is 175 Å². The van der Waals surface area contributed by atoms with Crippen LogP contribution < -0.4 is 0 Å². The number of carbonyl (C=O) groups excluding carboxylic acids is 3. The zero-order valence-electron chi connectivity index (χ0n) is 48.4. The molecule has 0 amide bonds. The Morgan fingerprint density at radius 2 is 0.844 bits per heavy atom. The SMILES string of the molecule is CC/C=C\C/C=C\C/C=C\C/C=C\CCCCCCC(=O)OCC(COC1OC(C(=O)O)C(O)C(O)C1OC(=O)CCCCCCC/C=C\C/C=C\CCC)OC(=O)CCCCCCCCC/C=C\CCCCCCCC. The van der Waals surface area contributed by atoms with Gasteiger partial charge in [0.05, 0.1) is 6.61 Å². The molecule has 1 rings (SSSR count). The zero-order valence-corrected chi connectivity index (χ0v) is 48.4. The first kappa shape index (κ1) is 70.9. The fraction of sp³-hybridized carbons (Fsp3) is 0.723. The summed E-state index contributed by atoms with van der Waals surface area (Å²) in [5.74, 6) is -3.17. The minimum Gasteiger partial charge on any atom is -0.479 e. The van der Waals surface area contributed by atoms with Gasteiger partial charge in [0.1, 0.15) is 18.8 Å². The molecular formula is C65H108O12. The van der Waals surface area contributed by atoms with Crippen LogP contribution in [0.25, 0.3) is 0 Å². The lowest BCUT2D eigenvalue weighted by atomic mass is 9.98. The van der Waals surface area contributed by atoms with Gasteiger partial charge in [-0.3, -0.25) is 14.4 Å². The fourth-order valence-corrected chi connectivity index (χ4v) is 8.74. The third-order valence-electron chi connectivity index (χ3n) is 13.4. The van der Waals surface area contributed by atoms with Crippen molar-refractivity contribution in [2.24, 2.45) is 0 Å². The molecule has 440 valence electrons. The second kappa shape index (κ2) is 52.6. The average Bonchev–Trinajstić information content (AvgIpc) is 3.42. The van der Waals surface area contributed by atoms with Gasteiger partial charge in [-0.1, -0.05) is 209 Å². The highest BCUT2D eigenvalue weighted by Crippen LogP contribution is 2.26. The van der Waals surface area contributed by atoms with E-state index in [1.807, 2.05) is 0 Å². The van der Waals surface area contributed by atoms with E-state index in [4.69, 9.17) is 23.7 Å². The lowest BCUT2D eigenvalue weighted by Gasteiger charge is -2.40. The van der Waals surface area contributed by atoms with Crippen molar-refractivity contribution in [3.05, 3.63) is 85.1 Å². The summed E-state index contributed by atoms with van der Waals surface area (Å²) in [6.07, 6.45) is 55.5. The molecule has 0 aliphatic carbocycles. The highest BCUT2D eigenvalue weighted by molar-refractivity contribution is 5.74. The molecule has 1 saturated heterocycles. The van der Waals surface area contributed by atoms with Gasteiger partial charge in [0.25, 0.3) is 0 Å². The first-order chi connectivity index (χ1) is 37.6. The number of ether oxygens (including phenoxy) is 5. The quantitative estimate of drug-likeness (QED) is 0.0228. The second-order valence-electron chi connectivity index (χ2n) is 20.6. The Balaban J connectivity index is 2.71. The normalized spacial score (nSPS) is 18.6. The van der Waals surface area contributed by atoms with Crippen molar-refractivity contribution in [3.8, 4) is 0 Å². The molecule has 0 spiro atoms. The van der Waals surface area contributed by atoms with Crippen LogP contribution in [-0.2, 0) is 42.9 Å². The van der Waals surface area contributed by atoms with Crippen LogP contribution in [0.1, 0.15) is 252 Å². The Morgan fingerprint density at radius 3 is 1.31 bits per heavy atom. The van der Waals surface area contributed by atoms with Gasteiger partial charge in [-0.25, -0.2) is 4.79 Å². The summed E-state index contributed by atoms with van der Waals surface area (Å²) in [6.45, 7) is 5.78. The van der Waals surface area contributed by atoms with Gasteiger partial charge >= 0.3 is 23.9 Å². The summed E-state index contributed by atoms with van der Waals surface area (Å²) < 4.78 is 28.4. The first-order valence-corrected chi connectivity index (χ1v) is 30.6. The van der Waals surface area contributed by atoms with Crippen LogP contribution in [0.4, 0.5) is 0 Å². The van der Waals surface area contributed by atoms with Gasteiger partial charge in [0.15, 0.2) is 24.6 Å². The predicted molar refractivity (Wildman–Crippen MR) is 312 cm³/mol. The number of hydrogen-bond donors (Lipinski definition) is 3. The summed E-state index contributed by atoms with van der Waals surface area (Å²) in [6, 6.07) is 0. The molecule has 0 radical (unpaired) electrons. The first-order valence-electron chi connectivity index (χ1n) is 30.6. The lowest BCUT2D eigenvalue weighted by molar-refractivity contribution is -0.301. The average molecular weight is 1080 g/mol. The van der Waals surface area contributed by atoms with Gasteiger partial charge in [-0.05, 0) is 109 Å². The molecule has 0 bridgehead atoms. The number of aliphatic hydroxyl groups is 2. The highest BCUT2D eigenvalue weighted by atomic mass is 16.7. The van der Waals surface area contributed by atoms with Crippen molar-refractivity contribution in [2.45, 2.75) is 289 Å². The minimum absolute atomic E-state index is 0.0386. The Labute approximate surface area is 467 Å². The number of aliphatic carboxylic acids is 1. The maximum absolute atomic E-state index is 13.2. The van der Waals surface area contributed by atoms with E-state index >= 15 is 0 Å². The predicted octanol–water partition coefficient (Wildman–Crippen LogP) is 15.9. The Kier molecular flexibility index (Phi) is 48.4. The van der Waals surface area contributed by atoms with Crippen molar-refractivity contribution in [3.63, 3.8) is 0 Å². The minimum atomic E-state index is -1.91. The number of esters is 3. The van der Waals surface area contributed by atoms with Crippen LogP contribution in [0, 0.1) is 0 Å². The van der Waals surface area contributed by atoms with E-state index in [2.05, 4.69) is 106 Å². The highest BCUT2D eigenvalue weighted by Gasteiger charge is 2.50. The van der Waals surface area contributed by atoms with Crippen molar-refractivity contribution in [1.29, 1.82) is 0 Å². The molecule has 3 N–H and O–H groups in total. The van der Waals surface area contributed by atoms with Gasteiger partial charge in [-0.15, -0.1) is 0 Å². The van der Waals surface area contributed by atoms with Crippen molar-refractivity contribution < 1.29 is 58.2 Å². The molecule has 6 atom stereocenters. The van der Waals surface area contributed by atoms with E-state index in [-0.39, 0.29) is 25.9 Å². The van der Waals surface area contributed by atoms with E-state index in [0.29, 0.717) is 19.3 Å². The van der Waals surface area contributed by atoms with Crippen LogP contribution >= 0.6 is 0 Å². The third-order valence-corrected chi connectivity index (χ3v) is 13.4. The maximum atomic E-state index is 13.2. The van der Waals surface area contributed by atoms with E-state index in [1.54, 1.807) is 0 Å². The molecule has 1 aliphatic heterocycles.